The number of carbonyl (C=O) groups excluding carboxylic acids is 1. The molecular formula is C12H19N3O2. The van der Waals surface area contributed by atoms with Crippen molar-refractivity contribution in [2.24, 2.45) is 5.41 Å². The molecule has 0 fully saturated rings. The van der Waals surface area contributed by atoms with E-state index in [1.54, 1.807) is 13.0 Å². The Kier molecular flexibility index (Phi) is 4.17. The van der Waals surface area contributed by atoms with Crippen LogP contribution in [-0.2, 0) is 0 Å². The fourth-order valence-electron chi connectivity index (χ4n) is 1.16. The first kappa shape index (κ1) is 13.6. The van der Waals surface area contributed by atoms with Crippen LogP contribution in [0, 0.1) is 12.3 Å². The SMILES string of the molecule is Cc1cc(C(=O)NCC(O)C(C)(C)C)ncn1. The van der Waals surface area contributed by atoms with E-state index in [2.05, 4.69) is 15.3 Å². The van der Waals surface area contributed by atoms with Gasteiger partial charge in [-0.1, -0.05) is 20.8 Å². The van der Waals surface area contributed by atoms with Crippen LogP contribution in [0.2, 0.25) is 0 Å². The molecule has 1 aromatic heterocycles. The van der Waals surface area contributed by atoms with Crippen LogP contribution in [0.3, 0.4) is 0 Å². The first-order valence-corrected chi connectivity index (χ1v) is 5.55. The molecule has 0 saturated carbocycles. The number of nitrogens with one attached hydrogen (secondary N) is 1. The summed E-state index contributed by atoms with van der Waals surface area (Å²) in [6.07, 6.45) is 0.763. The summed E-state index contributed by atoms with van der Waals surface area (Å²) in [4.78, 5) is 19.5. The molecule has 0 aromatic carbocycles. The Balaban J connectivity index is 2.57. The van der Waals surface area contributed by atoms with Crippen molar-refractivity contribution in [3.05, 3.63) is 23.8 Å². The van der Waals surface area contributed by atoms with E-state index >= 15 is 0 Å². The van der Waals surface area contributed by atoms with Gasteiger partial charge in [-0.2, -0.15) is 0 Å². The van der Waals surface area contributed by atoms with Crippen molar-refractivity contribution >= 4 is 5.91 Å². The van der Waals surface area contributed by atoms with Crippen molar-refractivity contribution in [1.29, 1.82) is 0 Å². The van der Waals surface area contributed by atoms with Gasteiger partial charge < -0.3 is 10.4 Å². The van der Waals surface area contributed by atoms with Crippen molar-refractivity contribution in [2.75, 3.05) is 6.54 Å². The Morgan fingerprint density at radius 3 is 2.65 bits per heavy atom. The molecular weight excluding hydrogens is 218 g/mol. The molecule has 0 aliphatic carbocycles. The Morgan fingerprint density at radius 2 is 2.12 bits per heavy atom. The molecule has 1 atom stereocenters. The van der Waals surface area contributed by atoms with E-state index < -0.39 is 6.10 Å². The number of nitrogens with zero attached hydrogens (tertiary/aromatic N) is 2. The molecule has 1 aromatic rings. The third-order valence-electron chi connectivity index (χ3n) is 2.49. The van der Waals surface area contributed by atoms with Crippen molar-refractivity contribution in [3.8, 4) is 0 Å². The number of hydrogen-bond acceptors (Lipinski definition) is 4. The van der Waals surface area contributed by atoms with Crippen LogP contribution in [0.4, 0.5) is 0 Å². The average Bonchev–Trinajstić information content (AvgIpc) is 2.24. The van der Waals surface area contributed by atoms with Gasteiger partial charge in [0.15, 0.2) is 0 Å². The predicted molar refractivity (Wildman–Crippen MR) is 64.6 cm³/mol. The Hall–Kier alpha value is -1.49. The second-order valence-corrected chi connectivity index (χ2v) is 5.14. The van der Waals surface area contributed by atoms with Crippen LogP contribution in [-0.4, -0.2) is 33.6 Å². The summed E-state index contributed by atoms with van der Waals surface area (Å²) in [5.41, 5.74) is 0.801. The van der Waals surface area contributed by atoms with Gasteiger partial charge in [0, 0.05) is 12.2 Å². The molecule has 0 bridgehead atoms. The molecule has 0 saturated heterocycles. The third-order valence-corrected chi connectivity index (χ3v) is 2.49. The second kappa shape index (κ2) is 5.23. The molecule has 0 radical (unpaired) electrons. The van der Waals surface area contributed by atoms with Crippen LogP contribution in [0.15, 0.2) is 12.4 Å². The lowest BCUT2D eigenvalue weighted by atomic mass is 9.89. The van der Waals surface area contributed by atoms with Crippen LogP contribution >= 0.6 is 0 Å². The van der Waals surface area contributed by atoms with Gasteiger partial charge >= 0.3 is 0 Å². The van der Waals surface area contributed by atoms with E-state index in [1.165, 1.54) is 6.33 Å². The van der Waals surface area contributed by atoms with Crippen LogP contribution in [0.25, 0.3) is 0 Å². The smallest absolute Gasteiger partial charge is 0.270 e. The van der Waals surface area contributed by atoms with E-state index in [9.17, 15) is 9.90 Å². The summed E-state index contributed by atoms with van der Waals surface area (Å²) in [6, 6.07) is 1.61. The van der Waals surface area contributed by atoms with Crippen molar-refractivity contribution in [1.82, 2.24) is 15.3 Å². The number of aliphatic hydroxyl groups is 1. The number of aromatic nitrogens is 2. The van der Waals surface area contributed by atoms with E-state index in [0.29, 0.717) is 5.69 Å². The molecule has 0 aliphatic heterocycles. The minimum absolute atomic E-state index is 0.214. The van der Waals surface area contributed by atoms with Crippen molar-refractivity contribution < 1.29 is 9.90 Å². The minimum atomic E-state index is -0.589. The normalized spacial score (nSPS) is 13.2. The highest BCUT2D eigenvalue weighted by molar-refractivity contribution is 5.92. The lowest BCUT2D eigenvalue weighted by molar-refractivity contribution is 0.0585. The summed E-state index contributed by atoms with van der Waals surface area (Å²) in [7, 11) is 0. The summed E-state index contributed by atoms with van der Waals surface area (Å²) in [5.74, 6) is -0.293. The summed E-state index contributed by atoms with van der Waals surface area (Å²) in [5, 5.41) is 12.4. The van der Waals surface area contributed by atoms with Crippen LogP contribution in [0.1, 0.15) is 37.0 Å². The first-order valence-electron chi connectivity index (χ1n) is 5.55. The fraction of sp³-hybridized carbons (Fsp3) is 0.583. The Labute approximate surface area is 101 Å². The zero-order valence-electron chi connectivity index (χ0n) is 10.7. The maximum Gasteiger partial charge on any atom is 0.270 e. The van der Waals surface area contributed by atoms with E-state index in [-0.39, 0.29) is 17.9 Å². The molecule has 17 heavy (non-hydrogen) atoms. The van der Waals surface area contributed by atoms with Crippen LogP contribution in [0.5, 0.6) is 0 Å². The number of hydrogen-bond donors (Lipinski definition) is 2. The van der Waals surface area contributed by atoms with Crippen molar-refractivity contribution in [2.45, 2.75) is 33.8 Å². The van der Waals surface area contributed by atoms with Gasteiger partial charge in [-0.15, -0.1) is 0 Å². The highest BCUT2D eigenvalue weighted by Crippen LogP contribution is 2.18. The highest BCUT2D eigenvalue weighted by Gasteiger charge is 2.22. The number of rotatable bonds is 3. The molecule has 5 heteroatoms. The lowest BCUT2D eigenvalue weighted by Gasteiger charge is -2.25. The number of aryl methyl sites for hydroxylation is 1. The molecule has 94 valence electrons. The number of amides is 1. The van der Waals surface area contributed by atoms with Crippen molar-refractivity contribution in [3.63, 3.8) is 0 Å². The summed E-state index contributed by atoms with van der Waals surface area (Å²) in [6.45, 7) is 7.75. The summed E-state index contributed by atoms with van der Waals surface area (Å²) < 4.78 is 0. The van der Waals surface area contributed by atoms with Crippen LogP contribution < -0.4 is 5.32 Å². The molecule has 1 amide bonds. The van der Waals surface area contributed by atoms with Gasteiger partial charge in [0.05, 0.1) is 6.10 Å². The minimum Gasteiger partial charge on any atom is -0.391 e. The molecule has 2 N–H and O–H groups in total. The predicted octanol–water partition coefficient (Wildman–Crippen LogP) is 0.922. The second-order valence-electron chi connectivity index (χ2n) is 5.14. The molecule has 1 rings (SSSR count). The van der Waals surface area contributed by atoms with E-state index in [0.717, 1.165) is 5.69 Å². The maximum absolute atomic E-state index is 11.7. The Bertz CT molecular complexity index is 399. The first-order chi connectivity index (χ1) is 7.80. The van der Waals surface area contributed by atoms with E-state index in [4.69, 9.17) is 0 Å². The monoisotopic (exact) mass is 237 g/mol. The summed E-state index contributed by atoms with van der Waals surface area (Å²) >= 11 is 0. The van der Waals surface area contributed by atoms with Gasteiger partial charge in [0.1, 0.15) is 12.0 Å². The number of carbonyl (C=O) groups is 1. The molecule has 0 aliphatic rings. The zero-order valence-corrected chi connectivity index (χ0v) is 10.7. The van der Waals surface area contributed by atoms with Gasteiger partial charge in [-0.3, -0.25) is 4.79 Å². The lowest BCUT2D eigenvalue weighted by Crippen LogP contribution is -2.39. The Morgan fingerprint density at radius 1 is 1.47 bits per heavy atom. The molecule has 5 nitrogen and oxygen atoms in total. The zero-order chi connectivity index (χ0) is 13.1. The van der Waals surface area contributed by atoms with Gasteiger partial charge in [0.25, 0.3) is 5.91 Å². The highest BCUT2D eigenvalue weighted by atomic mass is 16.3. The maximum atomic E-state index is 11.7. The average molecular weight is 237 g/mol. The quantitative estimate of drug-likeness (QED) is 0.819. The fourth-order valence-corrected chi connectivity index (χ4v) is 1.16. The molecule has 1 heterocycles. The van der Waals surface area contributed by atoms with Gasteiger partial charge in [-0.05, 0) is 18.4 Å². The molecule has 1 unspecified atom stereocenters. The third kappa shape index (κ3) is 4.11. The van der Waals surface area contributed by atoms with Gasteiger partial charge in [-0.25, -0.2) is 9.97 Å². The topological polar surface area (TPSA) is 75.1 Å². The standard InChI is InChI=1S/C12H19N3O2/c1-8-5-9(15-7-14-8)11(17)13-6-10(16)12(2,3)4/h5,7,10,16H,6H2,1-4H3,(H,13,17). The molecule has 0 spiro atoms. The number of aliphatic hydroxyl groups excluding tert-OH is 1. The van der Waals surface area contributed by atoms with E-state index in [1.807, 2.05) is 20.8 Å². The van der Waals surface area contributed by atoms with Gasteiger partial charge in [0.2, 0.25) is 0 Å². The largest absolute Gasteiger partial charge is 0.391 e.